The topological polar surface area (TPSA) is 98.2 Å². The van der Waals surface area contributed by atoms with Crippen molar-refractivity contribution in [1.82, 2.24) is 19.7 Å². The second kappa shape index (κ2) is 10.7. The normalized spacial score (nSPS) is 18.5. The molecule has 8 nitrogen and oxygen atoms in total. The highest BCUT2D eigenvalue weighted by Crippen LogP contribution is 2.36. The maximum atomic E-state index is 15.1. The zero-order valence-electron chi connectivity index (χ0n) is 22.6. The Morgan fingerprint density at radius 1 is 1.29 bits per heavy atom. The van der Waals surface area contributed by atoms with Crippen molar-refractivity contribution >= 4 is 11.4 Å². The first-order valence-corrected chi connectivity index (χ1v) is 12.6. The lowest BCUT2D eigenvalue weighted by Gasteiger charge is -2.29. The van der Waals surface area contributed by atoms with E-state index in [1.54, 1.807) is 29.9 Å². The van der Waals surface area contributed by atoms with Gasteiger partial charge in [0.1, 0.15) is 6.07 Å². The molecular weight excluding hydrogens is 490 g/mol. The van der Waals surface area contributed by atoms with Crippen molar-refractivity contribution in [3.63, 3.8) is 0 Å². The number of benzene rings is 1. The smallest absolute Gasteiger partial charge is 0.201 e. The van der Waals surface area contributed by atoms with Crippen molar-refractivity contribution in [3.05, 3.63) is 53.5 Å². The van der Waals surface area contributed by atoms with Crippen LogP contribution in [0.3, 0.4) is 0 Å². The van der Waals surface area contributed by atoms with Gasteiger partial charge < -0.3 is 19.6 Å². The summed E-state index contributed by atoms with van der Waals surface area (Å²) in [5, 5.41) is 30.1. The van der Waals surface area contributed by atoms with Crippen molar-refractivity contribution in [1.29, 1.82) is 5.26 Å². The van der Waals surface area contributed by atoms with Crippen LogP contribution in [-0.4, -0.2) is 58.1 Å². The number of fused-ring (bicyclic) bond motifs is 1. The molecule has 1 aromatic carbocycles. The van der Waals surface area contributed by atoms with Crippen LogP contribution in [0.2, 0.25) is 0 Å². The van der Waals surface area contributed by atoms with Gasteiger partial charge in [-0.3, -0.25) is 5.01 Å². The molecule has 0 amide bonds. The van der Waals surface area contributed by atoms with Gasteiger partial charge in [-0.05, 0) is 44.0 Å². The van der Waals surface area contributed by atoms with E-state index in [0.717, 1.165) is 11.8 Å². The van der Waals surface area contributed by atoms with E-state index >= 15 is 4.39 Å². The van der Waals surface area contributed by atoms with E-state index in [9.17, 15) is 14.8 Å². The zero-order valence-corrected chi connectivity index (χ0v) is 22.6. The van der Waals surface area contributed by atoms with E-state index < -0.39 is 23.2 Å². The molecule has 0 spiro atoms. The zero-order chi connectivity index (χ0) is 27.8. The maximum absolute atomic E-state index is 15.1. The van der Waals surface area contributed by atoms with E-state index in [1.165, 1.54) is 6.07 Å². The molecule has 10 heteroatoms. The Morgan fingerprint density at radius 3 is 2.68 bits per heavy atom. The van der Waals surface area contributed by atoms with Gasteiger partial charge in [-0.2, -0.15) is 14.8 Å². The number of rotatable bonds is 8. The number of pyridine rings is 1. The van der Waals surface area contributed by atoms with E-state index in [0.29, 0.717) is 41.0 Å². The summed E-state index contributed by atoms with van der Waals surface area (Å²) in [4.78, 5) is 4.34. The minimum absolute atomic E-state index is 0.00913. The Kier molecular flexibility index (Phi) is 7.72. The Bertz CT molecular complexity index is 1410. The molecular formula is C28H34F2N6O2. The predicted molar refractivity (Wildman–Crippen MR) is 142 cm³/mol. The van der Waals surface area contributed by atoms with Gasteiger partial charge in [-0.15, -0.1) is 0 Å². The van der Waals surface area contributed by atoms with E-state index in [4.69, 9.17) is 4.74 Å². The van der Waals surface area contributed by atoms with Crippen LogP contribution in [0, 0.1) is 34.3 Å². The molecule has 3 atom stereocenters. The molecule has 0 saturated carbocycles. The van der Waals surface area contributed by atoms with Crippen LogP contribution in [0.5, 0.6) is 5.75 Å². The summed E-state index contributed by atoms with van der Waals surface area (Å²) in [7, 11) is 3.65. The Morgan fingerprint density at radius 2 is 2.03 bits per heavy atom. The molecule has 1 aliphatic heterocycles. The quantitative estimate of drug-likeness (QED) is 0.455. The molecule has 2 N–H and O–H groups in total. The molecule has 38 heavy (non-hydrogen) atoms. The van der Waals surface area contributed by atoms with Crippen molar-refractivity contribution in [2.75, 3.05) is 20.7 Å². The monoisotopic (exact) mass is 524 g/mol. The molecule has 0 radical (unpaired) electrons. The summed E-state index contributed by atoms with van der Waals surface area (Å²) in [6.45, 7) is 8.43. The maximum Gasteiger partial charge on any atom is 0.201 e. The van der Waals surface area contributed by atoms with Gasteiger partial charge in [0.05, 0.1) is 41.9 Å². The summed E-state index contributed by atoms with van der Waals surface area (Å²) < 4.78 is 37.1. The number of ether oxygens (including phenoxy) is 1. The molecule has 2 aromatic heterocycles. The van der Waals surface area contributed by atoms with E-state index in [1.807, 2.05) is 39.8 Å². The lowest BCUT2D eigenvalue weighted by molar-refractivity contribution is 0.117. The van der Waals surface area contributed by atoms with Gasteiger partial charge in [0.2, 0.25) is 5.82 Å². The summed E-state index contributed by atoms with van der Waals surface area (Å²) >= 11 is 0. The number of nitriles is 1. The number of hydrogen-bond donors (Lipinski definition) is 2. The summed E-state index contributed by atoms with van der Waals surface area (Å²) in [6.07, 6.45) is 3.11. The molecule has 0 aliphatic carbocycles. The molecule has 3 aromatic rings. The summed E-state index contributed by atoms with van der Waals surface area (Å²) in [5.74, 6) is -2.46. The number of halogens is 2. The molecule has 3 heterocycles. The highest BCUT2D eigenvalue weighted by molar-refractivity contribution is 5.93. The Labute approximate surface area is 221 Å². The second-order valence-electron chi connectivity index (χ2n) is 10.8. The number of hydrazone groups is 1. The highest BCUT2D eigenvalue weighted by Gasteiger charge is 2.40. The van der Waals surface area contributed by atoms with Gasteiger partial charge in [0.25, 0.3) is 0 Å². The second-order valence-corrected chi connectivity index (χ2v) is 10.8. The average Bonchev–Trinajstić information content (AvgIpc) is 3.41. The van der Waals surface area contributed by atoms with E-state index in [-0.39, 0.29) is 24.3 Å². The minimum atomic E-state index is -1.10. The number of aliphatic hydroxyl groups is 1. The molecule has 0 fully saturated rings. The van der Waals surface area contributed by atoms with Gasteiger partial charge in [-0.1, -0.05) is 20.8 Å². The van der Waals surface area contributed by atoms with Gasteiger partial charge in [-0.25, -0.2) is 9.37 Å². The lowest BCUT2D eigenvalue weighted by Crippen LogP contribution is -2.40. The third-order valence-electron chi connectivity index (χ3n) is 7.12. The molecule has 202 valence electrons. The van der Waals surface area contributed by atoms with Gasteiger partial charge >= 0.3 is 0 Å². The molecule has 4 rings (SSSR count). The van der Waals surface area contributed by atoms with Crippen LogP contribution in [0.4, 0.5) is 8.78 Å². The van der Waals surface area contributed by atoms with Crippen LogP contribution in [-0.2, 0) is 6.54 Å². The van der Waals surface area contributed by atoms with Crippen molar-refractivity contribution in [2.24, 2.45) is 16.4 Å². The summed E-state index contributed by atoms with van der Waals surface area (Å²) in [6, 6.07) is 6.26. The summed E-state index contributed by atoms with van der Waals surface area (Å²) in [5.41, 5.74) is 2.69. The molecule has 1 aliphatic rings. The molecule has 3 unspecified atom stereocenters. The van der Waals surface area contributed by atoms with Crippen LogP contribution < -0.4 is 10.1 Å². The van der Waals surface area contributed by atoms with Crippen LogP contribution in [0.1, 0.15) is 45.4 Å². The third kappa shape index (κ3) is 5.08. The first-order valence-electron chi connectivity index (χ1n) is 12.6. The first-order chi connectivity index (χ1) is 18.0. The fourth-order valence-electron chi connectivity index (χ4n) is 4.81. The van der Waals surface area contributed by atoms with Crippen LogP contribution in [0.15, 0.2) is 35.7 Å². The number of nitrogens with one attached hydrogen (secondary N) is 1. The van der Waals surface area contributed by atoms with Crippen LogP contribution >= 0.6 is 0 Å². The van der Waals surface area contributed by atoms with Gasteiger partial charge in [0.15, 0.2) is 17.2 Å². The number of aromatic nitrogens is 2. The Hall–Kier alpha value is -3.55. The average molecular weight is 525 g/mol. The van der Waals surface area contributed by atoms with Gasteiger partial charge in [0, 0.05) is 36.8 Å². The number of aliphatic hydroxyl groups excluding tert-OH is 1. The fraction of sp³-hybridized carbons (Fsp3) is 0.464. The number of imidazole rings is 1. The van der Waals surface area contributed by atoms with Crippen molar-refractivity contribution < 1.29 is 18.6 Å². The first kappa shape index (κ1) is 27.5. The molecule has 0 bridgehead atoms. The van der Waals surface area contributed by atoms with E-state index in [2.05, 4.69) is 21.5 Å². The Balaban J connectivity index is 1.66. The van der Waals surface area contributed by atoms with Crippen LogP contribution in [0.25, 0.3) is 16.8 Å². The largest absolute Gasteiger partial charge is 0.490 e. The predicted octanol–water partition coefficient (Wildman–Crippen LogP) is 4.35. The standard InChI is InChI=1S/C28H34F2N6O2/c1-16-20(24(34-35(16)6)26(37)28(2,3)4)9-10-38-25-21(7-8-22(29)23(25)30)18-11-17(12-31)27-33-14-19(13-32-5)36(27)15-18/h7-8,11,14-16,20,26,32,37H,9-10,13H2,1-6H3. The number of hydrogen-bond acceptors (Lipinski definition) is 7. The molecule has 0 saturated heterocycles. The highest BCUT2D eigenvalue weighted by atomic mass is 19.2. The van der Waals surface area contributed by atoms with Crippen molar-refractivity contribution in [3.8, 4) is 22.9 Å². The fourth-order valence-corrected chi connectivity index (χ4v) is 4.81. The lowest BCUT2D eigenvalue weighted by atomic mass is 9.80. The SMILES string of the molecule is CNCc1cnc2c(C#N)cc(-c3ccc(F)c(F)c3OCCC3C(C(O)C(C)(C)C)=NN(C)C3C)cn12. The number of nitrogens with zero attached hydrogens (tertiary/aromatic N) is 5. The minimum Gasteiger partial charge on any atom is -0.490 e. The third-order valence-corrected chi connectivity index (χ3v) is 7.12. The van der Waals surface area contributed by atoms with Crippen molar-refractivity contribution in [2.45, 2.75) is 52.8 Å².